The summed E-state index contributed by atoms with van der Waals surface area (Å²) in [5.41, 5.74) is 0.906. The second-order valence-electron chi connectivity index (χ2n) is 6.77. The second-order valence-corrected chi connectivity index (χ2v) is 6.77. The zero-order chi connectivity index (χ0) is 20.4. The van der Waals surface area contributed by atoms with Gasteiger partial charge in [0, 0.05) is 50.1 Å². The average Bonchev–Trinajstić information content (AvgIpc) is 3.29. The highest BCUT2D eigenvalue weighted by Gasteiger charge is 2.30. The van der Waals surface area contributed by atoms with Gasteiger partial charge in [0.15, 0.2) is 0 Å². The maximum absolute atomic E-state index is 12.8. The van der Waals surface area contributed by atoms with Gasteiger partial charge in [-0.05, 0) is 18.2 Å². The van der Waals surface area contributed by atoms with E-state index in [4.69, 9.17) is 4.42 Å². The Morgan fingerprint density at radius 3 is 2.86 bits per heavy atom. The number of oxazole rings is 1. The van der Waals surface area contributed by atoms with E-state index in [1.807, 2.05) is 0 Å². The van der Waals surface area contributed by atoms with E-state index in [0.29, 0.717) is 24.3 Å². The van der Waals surface area contributed by atoms with Crippen LogP contribution in [0.2, 0.25) is 0 Å². The summed E-state index contributed by atoms with van der Waals surface area (Å²) in [6.07, 6.45) is 0.130. The number of imidazole rings is 1. The Morgan fingerprint density at radius 2 is 2.10 bits per heavy atom. The number of aromatic nitrogens is 3. The summed E-state index contributed by atoms with van der Waals surface area (Å²) in [5, 5.41) is 2.42. The monoisotopic (exact) mass is 405 g/mol. The molecule has 7 nitrogen and oxygen atoms in total. The number of benzene rings is 1. The molecule has 3 aromatic rings. The van der Waals surface area contributed by atoms with Crippen molar-refractivity contribution >= 4 is 11.6 Å². The molecule has 29 heavy (non-hydrogen) atoms. The number of halogens is 3. The molecule has 1 aliphatic rings. The number of carbonyl (C=O) groups is 1. The van der Waals surface area contributed by atoms with Gasteiger partial charge >= 0.3 is 12.1 Å². The van der Waals surface area contributed by atoms with Crippen molar-refractivity contribution in [1.82, 2.24) is 19.9 Å². The van der Waals surface area contributed by atoms with E-state index in [0.717, 1.165) is 37.5 Å². The molecular weight excluding hydrogens is 387 g/mol. The Labute approximate surface area is 164 Å². The first kappa shape index (κ1) is 19.2. The smallest absolute Gasteiger partial charge is 0.416 e. The molecule has 2 aromatic heterocycles. The molecule has 0 saturated carbocycles. The van der Waals surface area contributed by atoms with Crippen molar-refractivity contribution < 1.29 is 22.4 Å². The van der Waals surface area contributed by atoms with Crippen molar-refractivity contribution in [3.05, 3.63) is 65.4 Å². The summed E-state index contributed by atoms with van der Waals surface area (Å²) < 4.78 is 44.1. The van der Waals surface area contributed by atoms with Gasteiger partial charge in [0.2, 0.25) is 0 Å². The number of aromatic amines is 1. The highest BCUT2D eigenvalue weighted by molar-refractivity contribution is 6.01. The van der Waals surface area contributed by atoms with Gasteiger partial charge in [-0.25, -0.2) is 9.97 Å². The lowest BCUT2D eigenvalue weighted by molar-refractivity contribution is -0.137. The zero-order valence-electron chi connectivity index (χ0n) is 15.3. The molecule has 2 N–H and O–H groups in total. The van der Waals surface area contributed by atoms with Gasteiger partial charge in [-0.15, -0.1) is 0 Å². The lowest BCUT2D eigenvalue weighted by atomic mass is 10.2. The number of nitrogens with zero attached hydrogens (tertiary/aromatic N) is 3. The van der Waals surface area contributed by atoms with Crippen molar-refractivity contribution in [2.75, 3.05) is 18.4 Å². The van der Waals surface area contributed by atoms with E-state index in [1.54, 1.807) is 12.5 Å². The largest absolute Gasteiger partial charge is 0.437 e. The van der Waals surface area contributed by atoms with Crippen LogP contribution in [-0.2, 0) is 25.6 Å². The maximum Gasteiger partial charge on any atom is 0.416 e. The van der Waals surface area contributed by atoms with Crippen LogP contribution < -0.4 is 5.32 Å². The molecule has 10 heteroatoms. The first-order valence-corrected chi connectivity index (χ1v) is 9.05. The van der Waals surface area contributed by atoms with Crippen LogP contribution in [0, 0.1) is 0 Å². The van der Waals surface area contributed by atoms with Crippen LogP contribution in [0.15, 0.2) is 41.2 Å². The molecule has 3 heterocycles. The quantitative estimate of drug-likeness (QED) is 0.696. The van der Waals surface area contributed by atoms with Gasteiger partial charge in [-0.3, -0.25) is 9.69 Å². The third-order valence-electron chi connectivity index (χ3n) is 4.69. The third-order valence-corrected chi connectivity index (χ3v) is 4.69. The van der Waals surface area contributed by atoms with Gasteiger partial charge in [-0.1, -0.05) is 6.07 Å². The minimum Gasteiger partial charge on any atom is -0.437 e. The van der Waals surface area contributed by atoms with Crippen molar-refractivity contribution in [3.8, 4) is 0 Å². The molecule has 0 fully saturated rings. The maximum atomic E-state index is 12.8. The third kappa shape index (κ3) is 4.48. The van der Waals surface area contributed by atoms with E-state index in [2.05, 4.69) is 25.2 Å². The average molecular weight is 405 g/mol. The number of H-pyrrole nitrogens is 1. The minimum atomic E-state index is -4.48. The Hall–Kier alpha value is -3.14. The summed E-state index contributed by atoms with van der Waals surface area (Å²) in [4.78, 5) is 25.9. The molecule has 1 amide bonds. The van der Waals surface area contributed by atoms with Gasteiger partial charge in [0.05, 0.1) is 17.6 Å². The number of rotatable bonds is 4. The molecule has 0 saturated heterocycles. The predicted molar refractivity (Wildman–Crippen MR) is 97.2 cm³/mol. The minimum absolute atomic E-state index is 0.0314. The van der Waals surface area contributed by atoms with Crippen LogP contribution in [0.5, 0.6) is 0 Å². The molecule has 1 aromatic carbocycles. The Morgan fingerprint density at radius 1 is 1.28 bits per heavy atom. The number of hydrogen-bond acceptors (Lipinski definition) is 5. The van der Waals surface area contributed by atoms with Gasteiger partial charge in [0.1, 0.15) is 5.76 Å². The first-order chi connectivity index (χ1) is 13.9. The Kier molecular flexibility index (Phi) is 5.10. The number of amides is 1. The summed E-state index contributed by atoms with van der Waals surface area (Å²) in [7, 11) is 0. The SMILES string of the molecule is O=C(Nc1cccc(C(F)(F)F)c1)c1nc2c(o1)CCN(Cc1cnc[nH]1)CC2. The number of nitrogens with one attached hydrogen (secondary N) is 2. The number of alkyl halides is 3. The van der Waals surface area contributed by atoms with Crippen molar-refractivity contribution in [3.63, 3.8) is 0 Å². The van der Waals surface area contributed by atoms with E-state index in [9.17, 15) is 18.0 Å². The number of anilines is 1. The van der Waals surface area contributed by atoms with Crippen LogP contribution >= 0.6 is 0 Å². The van der Waals surface area contributed by atoms with E-state index < -0.39 is 17.6 Å². The van der Waals surface area contributed by atoms with Crippen molar-refractivity contribution in [2.24, 2.45) is 0 Å². The van der Waals surface area contributed by atoms with E-state index in [1.165, 1.54) is 12.1 Å². The standard InChI is InChI=1S/C19H18F3N5O2/c20-19(21,22)12-2-1-3-13(8-12)25-17(28)18-26-15-4-6-27(7-5-16(15)29-18)10-14-9-23-11-24-14/h1-3,8-9,11H,4-7,10H2,(H,23,24)(H,25,28). The number of carbonyl (C=O) groups excluding carboxylic acids is 1. The van der Waals surface area contributed by atoms with Gasteiger partial charge in [-0.2, -0.15) is 13.2 Å². The fourth-order valence-electron chi connectivity index (χ4n) is 3.23. The summed E-state index contributed by atoms with van der Waals surface area (Å²) in [6, 6.07) is 4.43. The van der Waals surface area contributed by atoms with Crippen LogP contribution in [-0.4, -0.2) is 38.8 Å². The topological polar surface area (TPSA) is 87.1 Å². The zero-order valence-corrected chi connectivity index (χ0v) is 15.3. The van der Waals surface area contributed by atoms with Crippen LogP contribution in [0.25, 0.3) is 0 Å². The van der Waals surface area contributed by atoms with Crippen molar-refractivity contribution in [2.45, 2.75) is 25.6 Å². The van der Waals surface area contributed by atoms with E-state index in [-0.39, 0.29) is 11.6 Å². The fourth-order valence-corrected chi connectivity index (χ4v) is 3.23. The summed E-state index contributed by atoms with van der Waals surface area (Å²) in [5.74, 6) is -0.188. The molecular formula is C19H18F3N5O2. The van der Waals surface area contributed by atoms with Gasteiger partial charge in [0.25, 0.3) is 5.89 Å². The summed E-state index contributed by atoms with van der Waals surface area (Å²) >= 11 is 0. The molecule has 0 aliphatic carbocycles. The molecule has 1 aliphatic heterocycles. The highest BCUT2D eigenvalue weighted by atomic mass is 19.4. The molecule has 0 atom stereocenters. The Balaban J connectivity index is 1.41. The number of hydrogen-bond donors (Lipinski definition) is 2. The van der Waals surface area contributed by atoms with E-state index >= 15 is 0 Å². The molecule has 0 spiro atoms. The molecule has 152 valence electrons. The van der Waals surface area contributed by atoms with Crippen LogP contribution in [0.1, 0.15) is 33.4 Å². The Bertz CT molecular complexity index is 972. The normalized spacial score (nSPS) is 15.0. The second kappa shape index (κ2) is 7.70. The molecule has 0 unspecified atom stereocenters. The lowest BCUT2D eigenvalue weighted by Crippen LogP contribution is -2.26. The van der Waals surface area contributed by atoms with Crippen LogP contribution in [0.4, 0.5) is 18.9 Å². The molecule has 0 radical (unpaired) electrons. The molecule has 4 rings (SSSR count). The van der Waals surface area contributed by atoms with Gasteiger partial charge < -0.3 is 14.7 Å². The lowest BCUT2D eigenvalue weighted by Gasteiger charge is -2.18. The number of fused-ring (bicyclic) bond motifs is 1. The van der Waals surface area contributed by atoms with Crippen molar-refractivity contribution in [1.29, 1.82) is 0 Å². The van der Waals surface area contributed by atoms with Crippen LogP contribution in [0.3, 0.4) is 0 Å². The first-order valence-electron chi connectivity index (χ1n) is 9.05. The fraction of sp³-hybridized carbons (Fsp3) is 0.316. The molecule has 0 bridgehead atoms. The predicted octanol–water partition coefficient (Wildman–Crippen LogP) is 3.27. The summed E-state index contributed by atoms with van der Waals surface area (Å²) in [6.45, 7) is 2.20. The highest BCUT2D eigenvalue weighted by Crippen LogP contribution is 2.30.